The molecule has 3 nitrogen and oxygen atoms in total. The third kappa shape index (κ3) is 6.03. The quantitative estimate of drug-likeness (QED) is 0.168. The molecule has 0 aromatic heterocycles. The van der Waals surface area contributed by atoms with Gasteiger partial charge in [-0.25, -0.2) is 13.2 Å². The normalized spacial score (nSPS) is 17.8. The van der Waals surface area contributed by atoms with E-state index in [2.05, 4.69) is 38.4 Å². The molecule has 1 atom stereocenters. The Morgan fingerprint density at radius 2 is 1.07 bits per heavy atom. The Labute approximate surface area is 266 Å². The topological polar surface area (TPSA) is 9.72 Å². The average Bonchev–Trinajstić information content (AvgIpc) is 3.48. The minimum atomic E-state index is -0.289. The van der Waals surface area contributed by atoms with Crippen molar-refractivity contribution in [2.75, 3.05) is 30.5 Å². The zero-order valence-corrected chi connectivity index (χ0v) is 25.4. The van der Waals surface area contributed by atoms with Gasteiger partial charge in [0.2, 0.25) is 0 Å². The van der Waals surface area contributed by atoms with E-state index in [0.717, 1.165) is 32.7 Å². The molecule has 0 aliphatic carbocycles. The van der Waals surface area contributed by atoms with Crippen molar-refractivity contribution in [1.29, 1.82) is 0 Å². The summed E-state index contributed by atoms with van der Waals surface area (Å²) in [7, 11) is 0. The Kier molecular flexibility index (Phi) is 8.48. The molecule has 7 rings (SSSR count). The summed E-state index contributed by atoms with van der Waals surface area (Å²) < 4.78 is 45.4. The lowest BCUT2D eigenvalue weighted by Crippen LogP contribution is -2.54. The first-order valence-electron chi connectivity index (χ1n) is 15.1. The maximum atomic E-state index is 15.5. The van der Waals surface area contributed by atoms with Gasteiger partial charge < -0.3 is 0 Å². The lowest BCUT2D eigenvalue weighted by atomic mass is 9.95. The highest BCUT2D eigenvalue weighted by atomic mass is 32.2. The fourth-order valence-electron chi connectivity index (χ4n) is 6.41. The van der Waals surface area contributed by atoms with Gasteiger partial charge in [-0.1, -0.05) is 97.1 Å². The third-order valence-corrected chi connectivity index (χ3v) is 9.79. The monoisotopic (exact) mass is 619 g/mol. The van der Waals surface area contributed by atoms with E-state index in [0.29, 0.717) is 31.9 Å². The zero-order valence-electron chi connectivity index (χ0n) is 24.6. The van der Waals surface area contributed by atoms with Crippen LogP contribution in [0.2, 0.25) is 0 Å². The van der Waals surface area contributed by atoms with Gasteiger partial charge in [0.15, 0.2) is 0 Å². The van der Waals surface area contributed by atoms with Crippen molar-refractivity contribution in [3.8, 4) is 0 Å². The number of hydrogen-bond acceptors (Lipinski definition) is 4. The summed E-state index contributed by atoms with van der Waals surface area (Å²) >= 11 is 1.59. The van der Waals surface area contributed by atoms with Crippen LogP contribution in [0, 0.1) is 17.5 Å². The largest absolute Gasteiger partial charge is 0.290 e. The van der Waals surface area contributed by atoms with Gasteiger partial charge in [-0.15, -0.1) is 0 Å². The van der Waals surface area contributed by atoms with Crippen LogP contribution in [0.1, 0.15) is 28.3 Å². The van der Waals surface area contributed by atoms with Crippen molar-refractivity contribution in [3.63, 3.8) is 0 Å². The minimum absolute atomic E-state index is 0.155. The van der Waals surface area contributed by atoms with E-state index in [9.17, 15) is 8.78 Å². The summed E-state index contributed by atoms with van der Waals surface area (Å²) in [6.45, 7) is 2.86. The predicted octanol–water partition coefficient (Wildman–Crippen LogP) is 8.87. The summed E-state index contributed by atoms with van der Waals surface area (Å²) in [5, 5.41) is 0. The first-order chi connectivity index (χ1) is 22.1. The van der Waals surface area contributed by atoms with Crippen LogP contribution in [0.25, 0.3) is 10.5 Å². The number of para-hydroxylation sites is 1. The van der Waals surface area contributed by atoms with Gasteiger partial charge in [-0.2, -0.15) is 0 Å². The lowest BCUT2D eigenvalue weighted by Gasteiger charge is -2.44. The second-order valence-corrected chi connectivity index (χ2v) is 12.3. The molecule has 5 aromatic rings. The molecule has 0 bridgehead atoms. The maximum Gasteiger partial charge on any atom is 0.147 e. The number of benzene rings is 5. The highest BCUT2D eigenvalue weighted by Crippen LogP contribution is 2.51. The van der Waals surface area contributed by atoms with Crippen molar-refractivity contribution >= 4 is 28.1 Å². The number of piperazine rings is 1. The van der Waals surface area contributed by atoms with Crippen LogP contribution in [0.3, 0.4) is 0 Å². The molecule has 2 aliphatic rings. The Balaban J connectivity index is 1.26. The molecule has 5 aromatic carbocycles. The molecule has 1 unspecified atom stereocenters. The number of rotatable bonds is 7. The van der Waals surface area contributed by atoms with Crippen molar-refractivity contribution in [3.05, 3.63) is 173 Å². The number of anilines is 1. The molecule has 0 amide bonds. The minimum Gasteiger partial charge on any atom is -0.290 e. The van der Waals surface area contributed by atoms with E-state index < -0.39 is 0 Å². The molecule has 0 spiro atoms. The predicted molar refractivity (Wildman–Crippen MR) is 178 cm³/mol. The van der Waals surface area contributed by atoms with Crippen molar-refractivity contribution < 1.29 is 13.2 Å². The first kappa shape index (κ1) is 29.4. The lowest BCUT2D eigenvalue weighted by molar-refractivity contribution is 0.0979. The van der Waals surface area contributed by atoms with E-state index in [1.807, 2.05) is 72.8 Å². The fourth-order valence-corrected chi connectivity index (χ4v) is 7.76. The summed E-state index contributed by atoms with van der Waals surface area (Å²) in [4.78, 5) is 5.91. The first-order valence-corrected chi connectivity index (χ1v) is 15.9. The zero-order chi connectivity index (χ0) is 30.8. The second-order valence-electron chi connectivity index (χ2n) is 11.3. The van der Waals surface area contributed by atoms with Crippen LogP contribution in [0.4, 0.5) is 18.9 Å². The summed E-state index contributed by atoms with van der Waals surface area (Å²) in [5.74, 6) is -0.839. The van der Waals surface area contributed by atoms with Crippen molar-refractivity contribution in [2.24, 2.45) is 0 Å². The van der Waals surface area contributed by atoms with Gasteiger partial charge >= 0.3 is 0 Å². The molecule has 7 heteroatoms. The number of hydrogen-bond donors (Lipinski definition) is 0. The Hall–Kier alpha value is -4.30. The molecule has 45 heavy (non-hydrogen) atoms. The van der Waals surface area contributed by atoms with Crippen molar-refractivity contribution in [2.45, 2.75) is 12.2 Å². The molecule has 0 saturated carbocycles. The third-order valence-electron chi connectivity index (χ3n) is 8.56. The second kappa shape index (κ2) is 13.0. The molecular formula is C38H32F3N3S. The highest BCUT2D eigenvalue weighted by Gasteiger charge is 2.42. The SMILES string of the molecule is Fc1ccc(C(c2ccc(F)cc2)N2CCN(C3C(c4ccccc4)=C(c4ccccc4)SN3c3ccccc3F)CC2)cc1. The smallest absolute Gasteiger partial charge is 0.147 e. The van der Waals surface area contributed by atoms with Gasteiger partial charge in [0, 0.05) is 36.7 Å². The molecule has 1 saturated heterocycles. The fraction of sp³-hybridized carbons (Fsp3) is 0.158. The van der Waals surface area contributed by atoms with E-state index in [4.69, 9.17) is 0 Å². The highest BCUT2D eigenvalue weighted by molar-refractivity contribution is 8.10. The Bertz CT molecular complexity index is 1730. The Morgan fingerprint density at radius 3 is 1.62 bits per heavy atom. The van der Waals surface area contributed by atoms with Gasteiger partial charge in [0.05, 0.1) is 11.7 Å². The molecule has 0 N–H and O–H groups in total. The molecule has 226 valence electrons. The van der Waals surface area contributed by atoms with Crippen LogP contribution in [-0.2, 0) is 0 Å². The van der Waals surface area contributed by atoms with Gasteiger partial charge in [0.25, 0.3) is 0 Å². The van der Waals surface area contributed by atoms with Crippen LogP contribution in [0.5, 0.6) is 0 Å². The molecule has 2 heterocycles. The number of halogens is 3. The standard InChI is InChI=1S/C38H32F3N3S/c39-31-19-15-28(16-20-31)36(29-17-21-32(40)22-18-29)42-23-25-43(26-24-42)38-35(27-9-3-1-4-10-27)37(30-11-5-2-6-12-30)45-44(38)34-14-8-7-13-33(34)41/h1-22,36,38H,23-26H2. The van der Waals surface area contributed by atoms with E-state index in [1.54, 1.807) is 18.0 Å². The van der Waals surface area contributed by atoms with Crippen molar-refractivity contribution in [1.82, 2.24) is 9.80 Å². The summed E-state index contributed by atoms with van der Waals surface area (Å²) in [6, 6.07) is 40.7. The summed E-state index contributed by atoms with van der Waals surface area (Å²) in [6.07, 6.45) is -0.221. The molecule has 2 aliphatic heterocycles. The number of nitrogens with zero attached hydrogens (tertiary/aromatic N) is 3. The Morgan fingerprint density at radius 1 is 0.556 bits per heavy atom. The maximum absolute atomic E-state index is 15.5. The van der Waals surface area contributed by atoms with Crippen LogP contribution in [0.15, 0.2) is 133 Å². The summed E-state index contributed by atoms with van der Waals surface area (Å²) in [5.41, 5.74) is 5.80. The van der Waals surface area contributed by atoms with Gasteiger partial charge in [-0.05, 0) is 70.6 Å². The van der Waals surface area contributed by atoms with E-state index in [1.165, 1.54) is 30.3 Å². The average molecular weight is 620 g/mol. The van der Waals surface area contributed by atoms with Gasteiger partial charge in [0.1, 0.15) is 23.6 Å². The molecule has 1 fully saturated rings. The van der Waals surface area contributed by atoms with Crippen LogP contribution in [-0.4, -0.2) is 42.1 Å². The van der Waals surface area contributed by atoms with Crippen LogP contribution < -0.4 is 4.31 Å². The van der Waals surface area contributed by atoms with E-state index >= 15 is 4.39 Å². The van der Waals surface area contributed by atoms with Gasteiger partial charge in [-0.3, -0.25) is 14.1 Å². The molecule has 0 radical (unpaired) electrons. The van der Waals surface area contributed by atoms with E-state index in [-0.39, 0.29) is 29.7 Å². The van der Waals surface area contributed by atoms with Crippen LogP contribution >= 0.6 is 11.9 Å². The molecular weight excluding hydrogens is 588 g/mol.